The maximum atomic E-state index is 9.44. The van der Waals surface area contributed by atoms with Gasteiger partial charge in [0.1, 0.15) is 5.82 Å². The number of aryl methyl sites for hydroxylation is 1. The lowest BCUT2D eigenvalue weighted by Gasteiger charge is -2.28. The van der Waals surface area contributed by atoms with E-state index in [1.54, 1.807) is 0 Å². The molecule has 0 spiro atoms. The predicted molar refractivity (Wildman–Crippen MR) is 63.2 cm³/mol. The molecule has 0 amide bonds. The fraction of sp³-hybridized carbons (Fsp3) is 0.750. The smallest absolute Gasteiger partial charge is 0.109 e. The molecule has 0 bridgehead atoms. The fourth-order valence-electron chi connectivity index (χ4n) is 2.52. The first-order valence-corrected chi connectivity index (χ1v) is 6.08. The summed E-state index contributed by atoms with van der Waals surface area (Å²) < 4.78 is 2.04. The van der Waals surface area contributed by atoms with Crippen molar-refractivity contribution in [2.75, 3.05) is 13.2 Å². The van der Waals surface area contributed by atoms with Crippen molar-refractivity contribution in [3.05, 3.63) is 18.2 Å². The van der Waals surface area contributed by atoms with Crippen LogP contribution in [0.5, 0.6) is 0 Å². The minimum absolute atomic E-state index is 0.00877. The average molecular weight is 223 g/mol. The third kappa shape index (κ3) is 2.44. The lowest BCUT2D eigenvalue weighted by molar-refractivity contribution is 0.165. The van der Waals surface area contributed by atoms with E-state index in [9.17, 15) is 5.11 Å². The minimum Gasteiger partial charge on any atom is -0.394 e. The van der Waals surface area contributed by atoms with Crippen LogP contribution in [0.1, 0.15) is 31.5 Å². The molecule has 1 aromatic heterocycles. The second-order valence-corrected chi connectivity index (χ2v) is 4.78. The van der Waals surface area contributed by atoms with Gasteiger partial charge in [-0.25, -0.2) is 4.98 Å². The molecule has 1 saturated carbocycles. The molecule has 4 heteroatoms. The van der Waals surface area contributed by atoms with Crippen molar-refractivity contribution >= 4 is 0 Å². The van der Waals surface area contributed by atoms with E-state index in [2.05, 4.69) is 10.3 Å². The van der Waals surface area contributed by atoms with Crippen LogP contribution < -0.4 is 5.32 Å². The van der Waals surface area contributed by atoms with Gasteiger partial charge in [0.05, 0.1) is 6.61 Å². The highest BCUT2D eigenvalue weighted by Gasteiger charge is 2.32. The molecule has 90 valence electrons. The number of hydrogen-bond acceptors (Lipinski definition) is 3. The summed E-state index contributed by atoms with van der Waals surface area (Å²) in [6.07, 6.45) is 9.38. The largest absolute Gasteiger partial charge is 0.394 e. The van der Waals surface area contributed by atoms with Gasteiger partial charge in [0.15, 0.2) is 0 Å². The van der Waals surface area contributed by atoms with Gasteiger partial charge in [0, 0.05) is 37.9 Å². The van der Waals surface area contributed by atoms with Gasteiger partial charge in [0.25, 0.3) is 0 Å². The van der Waals surface area contributed by atoms with E-state index in [1.165, 1.54) is 12.8 Å². The molecule has 1 aliphatic rings. The Morgan fingerprint density at radius 1 is 1.50 bits per heavy atom. The number of aliphatic hydroxyl groups is 1. The molecule has 2 N–H and O–H groups in total. The average Bonchev–Trinajstić information content (AvgIpc) is 2.90. The Hall–Kier alpha value is -0.870. The first-order chi connectivity index (χ1) is 7.76. The predicted octanol–water partition coefficient (Wildman–Crippen LogP) is 0.857. The third-order valence-electron chi connectivity index (χ3n) is 3.63. The van der Waals surface area contributed by atoms with Crippen molar-refractivity contribution < 1.29 is 5.11 Å². The number of aromatic nitrogens is 2. The number of aliphatic hydroxyl groups excluding tert-OH is 1. The first-order valence-electron chi connectivity index (χ1n) is 6.08. The van der Waals surface area contributed by atoms with E-state index in [0.29, 0.717) is 0 Å². The summed E-state index contributed by atoms with van der Waals surface area (Å²) >= 11 is 0. The van der Waals surface area contributed by atoms with Crippen LogP contribution in [0, 0.1) is 0 Å². The molecule has 0 aromatic carbocycles. The molecule has 1 heterocycles. The molecule has 4 nitrogen and oxygen atoms in total. The van der Waals surface area contributed by atoms with Crippen LogP contribution in [-0.2, 0) is 13.5 Å². The molecule has 2 rings (SSSR count). The van der Waals surface area contributed by atoms with Gasteiger partial charge in [0.2, 0.25) is 0 Å². The summed E-state index contributed by atoms with van der Waals surface area (Å²) in [5.74, 6) is 1.10. The van der Waals surface area contributed by atoms with Gasteiger partial charge >= 0.3 is 0 Å². The highest BCUT2D eigenvalue weighted by atomic mass is 16.3. The van der Waals surface area contributed by atoms with Gasteiger partial charge in [-0.2, -0.15) is 0 Å². The summed E-state index contributed by atoms with van der Waals surface area (Å²) in [6.45, 7) is 1.15. The van der Waals surface area contributed by atoms with Crippen molar-refractivity contribution in [2.24, 2.45) is 7.05 Å². The quantitative estimate of drug-likeness (QED) is 0.778. The van der Waals surface area contributed by atoms with Crippen LogP contribution in [0.25, 0.3) is 0 Å². The Bertz CT molecular complexity index is 329. The van der Waals surface area contributed by atoms with Crippen molar-refractivity contribution in [2.45, 2.75) is 37.6 Å². The zero-order valence-electron chi connectivity index (χ0n) is 9.95. The van der Waals surface area contributed by atoms with E-state index < -0.39 is 0 Å². The normalized spacial score (nSPS) is 19.1. The molecule has 0 radical (unpaired) electrons. The van der Waals surface area contributed by atoms with Gasteiger partial charge in [-0.05, 0) is 12.8 Å². The SMILES string of the molecule is Cn1ccnc1CCNC1(CO)CCCC1. The molecule has 16 heavy (non-hydrogen) atoms. The van der Waals surface area contributed by atoms with Crippen LogP contribution in [0.3, 0.4) is 0 Å². The van der Waals surface area contributed by atoms with Gasteiger partial charge in [-0.3, -0.25) is 0 Å². The molecule has 1 fully saturated rings. The Morgan fingerprint density at radius 2 is 2.25 bits per heavy atom. The monoisotopic (exact) mass is 223 g/mol. The summed E-state index contributed by atoms with van der Waals surface area (Å²) in [4.78, 5) is 4.29. The van der Waals surface area contributed by atoms with Crippen LogP contribution in [0.2, 0.25) is 0 Å². The molecular weight excluding hydrogens is 202 g/mol. The number of imidazole rings is 1. The van der Waals surface area contributed by atoms with Crippen molar-refractivity contribution in [3.8, 4) is 0 Å². The molecule has 0 atom stereocenters. The third-order valence-corrected chi connectivity index (χ3v) is 3.63. The maximum Gasteiger partial charge on any atom is 0.109 e. The van der Waals surface area contributed by atoms with E-state index in [0.717, 1.165) is 31.6 Å². The van der Waals surface area contributed by atoms with Gasteiger partial charge in [-0.1, -0.05) is 12.8 Å². The summed E-state index contributed by atoms with van der Waals surface area (Å²) in [6, 6.07) is 0. The topological polar surface area (TPSA) is 50.1 Å². The van der Waals surface area contributed by atoms with E-state index in [-0.39, 0.29) is 12.1 Å². The van der Waals surface area contributed by atoms with Crippen LogP contribution in [0.4, 0.5) is 0 Å². The lowest BCUT2D eigenvalue weighted by Crippen LogP contribution is -2.46. The first kappa shape index (κ1) is 11.6. The molecule has 0 aliphatic heterocycles. The summed E-state index contributed by atoms with van der Waals surface area (Å²) in [7, 11) is 2.01. The highest BCUT2D eigenvalue weighted by Crippen LogP contribution is 2.28. The number of hydrogen-bond donors (Lipinski definition) is 2. The van der Waals surface area contributed by atoms with E-state index >= 15 is 0 Å². The Labute approximate surface area is 96.7 Å². The highest BCUT2D eigenvalue weighted by molar-refractivity contribution is 4.95. The minimum atomic E-state index is -0.00877. The van der Waals surface area contributed by atoms with Gasteiger partial charge < -0.3 is 15.0 Å². The van der Waals surface area contributed by atoms with Crippen LogP contribution >= 0.6 is 0 Å². The van der Waals surface area contributed by atoms with E-state index in [4.69, 9.17) is 0 Å². The zero-order chi connectivity index (χ0) is 11.4. The Kier molecular flexibility index (Phi) is 3.61. The number of rotatable bonds is 5. The standard InChI is InChI=1S/C12H21N3O/c1-15-9-8-13-11(15)4-7-14-12(10-16)5-2-3-6-12/h8-9,14,16H,2-7,10H2,1H3. The van der Waals surface area contributed by atoms with Crippen LogP contribution in [-0.4, -0.2) is 33.3 Å². The molecule has 1 aromatic rings. The molecule has 1 aliphatic carbocycles. The Balaban J connectivity index is 1.81. The second-order valence-electron chi connectivity index (χ2n) is 4.78. The summed E-state index contributed by atoms with van der Waals surface area (Å²) in [5, 5.41) is 13.0. The van der Waals surface area contributed by atoms with Crippen molar-refractivity contribution in [1.82, 2.24) is 14.9 Å². The zero-order valence-corrected chi connectivity index (χ0v) is 9.95. The molecule has 0 unspecified atom stereocenters. The van der Waals surface area contributed by atoms with Crippen molar-refractivity contribution in [3.63, 3.8) is 0 Å². The molecule has 0 saturated heterocycles. The fourth-order valence-corrected chi connectivity index (χ4v) is 2.52. The number of nitrogens with zero attached hydrogens (tertiary/aromatic N) is 2. The van der Waals surface area contributed by atoms with Gasteiger partial charge in [-0.15, -0.1) is 0 Å². The van der Waals surface area contributed by atoms with Crippen molar-refractivity contribution in [1.29, 1.82) is 0 Å². The van der Waals surface area contributed by atoms with Crippen LogP contribution in [0.15, 0.2) is 12.4 Å². The maximum absolute atomic E-state index is 9.44. The second kappa shape index (κ2) is 4.97. The Morgan fingerprint density at radius 3 is 2.81 bits per heavy atom. The lowest BCUT2D eigenvalue weighted by atomic mass is 9.99. The molecular formula is C12H21N3O. The van der Waals surface area contributed by atoms with E-state index in [1.807, 2.05) is 24.0 Å². The summed E-state index contributed by atoms with van der Waals surface area (Å²) in [5.41, 5.74) is -0.00877. The number of nitrogens with one attached hydrogen (secondary N) is 1.